The highest BCUT2D eigenvalue weighted by atomic mass is 35.5. The molecule has 0 bridgehead atoms. The molecule has 1 unspecified atom stereocenters. The SMILES string of the molecule is Cc1cccc(N(CC(O)CON=C2c3ccccc3-c3ccccc32)S(=O)(=O)c2ccc(Cl)cc2)c1. The summed E-state index contributed by atoms with van der Waals surface area (Å²) in [5.41, 5.74) is 6.06. The van der Waals surface area contributed by atoms with Gasteiger partial charge in [-0.15, -0.1) is 0 Å². The first kappa shape index (κ1) is 25.0. The summed E-state index contributed by atoms with van der Waals surface area (Å²) in [5, 5.41) is 15.6. The molecule has 188 valence electrons. The minimum absolute atomic E-state index is 0.0749. The van der Waals surface area contributed by atoms with Gasteiger partial charge in [0.25, 0.3) is 10.0 Å². The second-order valence-electron chi connectivity index (χ2n) is 8.81. The van der Waals surface area contributed by atoms with E-state index in [1.54, 1.807) is 18.2 Å². The van der Waals surface area contributed by atoms with Gasteiger partial charge in [-0.3, -0.25) is 4.31 Å². The number of hydrogen-bond donors (Lipinski definition) is 1. The third kappa shape index (κ3) is 5.11. The van der Waals surface area contributed by atoms with E-state index in [-0.39, 0.29) is 18.0 Å². The Bertz CT molecular complexity index is 1520. The fourth-order valence-corrected chi connectivity index (χ4v) is 6.00. The predicted octanol–water partition coefficient (Wildman–Crippen LogP) is 5.65. The lowest BCUT2D eigenvalue weighted by Crippen LogP contribution is -2.39. The number of anilines is 1. The third-order valence-corrected chi connectivity index (χ3v) is 8.21. The van der Waals surface area contributed by atoms with Crippen LogP contribution in [0.4, 0.5) is 5.69 Å². The second kappa shape index (κ2) is 10.4. The number of sulfonamides is 1. The first-order valence-electron chi connectivity index (χ1n) is 11.8. The van der Waals surface area contributed by atoms with E-state index in [1.807, 2.05) is 61.5 Å². The largest absolute Gasteiger partial charge is 0.392 e. The number of aliphatic hydroxyl groups excluding tert-OH is 1. The number of fused-ring (bicyclic) bond motifs is 3. The maximum atomic E-state index is 13.6. The van der Waals surface area contributed by atoms with Crippen molar-refractivity contribution in [2.24, 2.45) is 5.16 Å². The van der Waals surface area contributed by atoms with Crippen LogP contribution >= 0.6 is 11.6 Å². The van der Waals surface area contributed by atoms with Gasteiger partial charge in [-0.05, 0) is 60.0 Å². The van der Waals surface area contributed by atoms with Gasteiger partial charge in [0.15, 0.2) is 0 Å². The summed E-state index contributed by atoms with van der Waals surface area (Å²) in [6, 6.07) is 28.9. The number of benzene rings is 4. The Kier molecular flexibility index (Phi) is 7.02. The number of oxime groups is 1. The minimum atomic E-state index is -3.98. The van der Waals surface area contributed by atoms with Gasteiger partial charge in [-0.1, -0.05) is 77.4 Å². The topological polar surface area (TPSA) is 79.2 Å². The van der Waals surface area contributed by atoms with Gasteiger partial charge >= 0.3 is 0 Å². The van der Waals surface area contributed by atoms with E-state index >= 15 is 0 Å². The molecular weight excluding hydrogens is 508 g/mol. The number of aryl methyl sites for hydroxylation is 1. The van der Waals surface area contributed by atoms with Crippen LogP contribution < -0.4 is 4.31 Å². The monoisotopic (exact) mass is 532 g/mol. The van der Waals surface area contributed by atoms with Crippen LogP contribution in [0, 0.1) is 6.92 Å². The van der Waals surface area contributed by atoms with E-state index in [9.17, 15) is 13.5 Å². The van der Waals surface area contributed by atoms with Crippen LogP contribution in [0.2, 0.25) is 5.02 Å². The Morgan fingerprint density at radius 2 is 1.46 bits per heavy atom. The van der Waals surface area contributed by atoms with E-state index in [4.69, 9.17) is 16.4 Å². The molecule has 0 aliphatic heterocycles. The highest BCUT2D eigenvalue weighted by Gasteiger charge is 2.28. The summed E-state index contributed by atoms with van der Waals surface area (Å²) in [5.74, 6) is 0. The fourth-order valence-electron chi connectivity index (χ4n) is 4.38. The minimum Gasteiger partial charge on any atom is -0.392 e. The average molecular weight is 533 g/mol. The summed E-state index contributed by atoms with van der Waals surface area (Å²) in [6.45, 7) is 1.47. The molecule has 1 aliphatic rings. The lowest BCUT2D eigenvalue weighted by molar-refractivity contribution is 0.0456. The van der Waals surface area contributed by atoms with Crippen molar-refractivity contribution in [1.29, 1.82) is 0 Å². The quantitative estimate of drug-likeness (QED) is 0.262. The summed E-state index contributed by atoms with van der Waals surface area (Å²) in [7, 11) is -3.98. The summed E-state index contributed by atoms with van der Waals surface area (Å²) in [4.78, 5) is 5.66. The first-order valence-corrected chi connectivity index (χ1v) is 13.6. The van der Waals surface area contributed by atoms with E-state index in [0.29, 0.717) is 16.4 Å². The standard InChI is InChI=1S/C29H25ClN2O4S/c1-20-7-6-8-22(17-20)32(37(34,35)24-15-13-21(30)14-16-24)18-23(33)19-36-31-29-27-11-4-2-9-25(27)26-10-3-5-12-28(26)29/h2-17,23,33H,18-19H2,1H3. The van der Waals surface area contributed by atoms with Crippen LogP contribution in [0.5, 0.6) is 0 Å². The lowest BCUT2D eigenvalue weighted by Gasteiger charge is -2.27. The summed E-state index contributed by atoms with van der Waals surface area (Å²) >= 11 is 5.96. The number of hydrogen-bond acceptors (Lipinski definition) is 5. The zero-order chi connectivity index (χ0) is 26.0. The third-order valence-electron chi connectivity index (χ3n) is 6.15. The van der Waals surface area contributed by atoms with E-state index in [2.05, 4.69) is 5.16 Å². The second-order valence-corrected chi connectivity index (χ2v) is 11.1. The van der Waals surface area contributed by atoms with Crippen molar-refractivity contribution in [3.63, 3.8) is 0 Å². The molecule has 0 amide bonds. The fraction of sp³-hybridized carbons (Fsp3) is 0.138. The number of halogens is 1. The van der Waals surface area contributed by atoms with E-state index < -0.39 is 16.1 Å². The number of aliphatic hydroxyl groups is 1. The van der Waals surface area contributed by atoms with Crippen LogP contribution in [-0.4, -0.2) is 38.5 Å². The first-order chi connectivity index (χ1) is 17.8. The van der Waals surface area contributed by atoms with Crippen molar-refractivity contribution in [3.05, 3.63) is 119 Å². The molecule has 0 saturated heterocycles. The zero-order valence-corrected chi connectivity index (χ0v) is 21.7. The van der Waals surface area contributed by atoms with Crippen LogP contribution in [0.25, 0.3) is 11.1 Å². The van der Waals surface area contributed by atoms with Crippen molar-refractivity contribution >= 4 is 33.0 Å². The Labute approximate surface area is 221 Å². The van der Waals surface area contributed by atoms with Gasteiger partial charge in [-0.2, -0.15) is 0 Å². The van der Waals surface area contributed by atoms with Gasteiger partial charge in [0, 0.05) is 16.1 Å². The average Bonchev–Trinajstić information content (AvgIpc) is 3.21. The molecule has 0 saturated carbocycles. The molecule has 0 heterocycles. The molecule has 5 rings (SSSR count). The van der Waals surface area contributed by atoms with Gasteiger partial charge in [0.2, 0.25) is 0 Å². The Morgan fingerprint density at radius 3 is 2.05 bits per heavy atom. The molecular formula is C29H25ClN2O4S. The molecule has 0 aromatic heterocycles. The maximum absolute atomic E-state index is 13.6. The molecule has 0 radical (unpaired) electrons. The van der Waals surface area contributed by atoms with E-state index in [0.717, 1.165) is 27.8 Å². The lowest BCUT2D eigenvalue weighted by atomic mass is 10.1. The van der Waals surface area contributed by atoms with Crippen molar-refractivity contribution in [1.82, 2.24) is 0 Å². The van der Waals surface area contributed by atoms with E-state index in [1.165, 1.54) is 28.6 Å². The summed E-state index contributed by atoms with van der Waals surface area (Å²) in [6.07, 6.45) is -1.14. The van der Waals surface area contributed by atoms with Crippen LogP contribution in [0.3, 0.4) is 0 Å². The van der Waals surface area contributed by atoms with Gasteiger partial charge < -0.3 is 9.94 Å². The van der Waals surface area contributed by atoms with Crippen LogP contribution in [0.1, 0.15) is 16.7 Å². The smallest absolute Gasteiger partial charge is 0.264 e. The molecule has 6 nitrogen and oxygen atoms in total. The molecule has 1 atom stereocenters. The zero-order valence-electron chi connectivity index (χ0n) is 20.1. The molecule has 8 heteroatoms. The Morgan fingerprint density at radius 1 is 0.865 bits per heavy atom. The molecule has 4 aromatic rings. The predicted molar refractivity (Wildman–Crippen MR) is 147 cm³/mol. The number of nitrogens with zero attached hydrogens (tertiary/aromatic N) is 2. The highest BCUT2D eigenvalue weighted by Crippen LogP contribution is 2.36. The number of rotatable bonds is 8. The van der Waals surface area contributed by atoms with Crippen molar-refractivity contribution in [2.75, 3.05) is 17.5 Å². The Hall–Kier alpha value is -3.65. The van der Waals surface area contributed by atoms with Crippen LogP contribution in [-0.2, 0) is 14.9 Å². The van der Waals surface area contributed by atoms with Crippen molar-refractivity contribution in [2.45, 2.75) is 17.9 Å². The molecule has 4 aromatic carbocycles. The van der Waals surface area contributed by atoms with Crippen molar-refractivity contribution in [3.8, 4) is 11.1 Å². The van der Waals surface area contributed by atoms with Crippen LogP contribution in [0.15, 0.2) is 107 Å². The molecule has 37 heavy (non-hydrogen) atoms. The van der Waals surface area contributed by atoms with Gasteiger partial charge in [-0.25, -0.2) is 8.42 Å². The van der Waals surface area contributed by atoms with Gasteiger partial charge in [0.05, 0.1) is 17.1 Å². The maximum Gasteiger partial charge on any atom is 0.264 e. The normalized spacial score (nSPS) is 13.0. The molecule has 1 N–H and O–H groups in total. The molecule has 1 aliphatic carbocycles. The molecule has 0 fully saturated rings. The van der Waals surface area contributed by atoms with Gasteiger partial charge in [0.1, 0.15) is 18.4 Å². The molecule has 0 spiro atoms. The Balaban J connectivity index is 1.38. The summed E-state index contributed by atoms with van der Waals surface area (Å²) < 4.78 is 28.3. The highest BCUT2D eigenvalue weighted by molar-refractivity contribution is 7.92. The van der Waals surface area contributed by atoms with Crippen molar-refractivity contribution < 1.29 is 18.4 Å².